The number of aromatic nitrogens is 1. The van der Waals surface area contributed by atoms with Gasteiger partial charge >= 0.3 is 6.09 Å². The Labute approximate surface area is 226 Å². The Balaban J connectivity index is 1.34. The Morgan fingerprint density at radius 1 is 1.10 bits per heavy atom. The summed E-state index contributed by atoms with van der Waals surface area (Å²) < 4.78 is 11.8. The van der Waals surface area contributed by atoms with Crippen molar-refractivity contribution in [1.29, 1.82) is 5.26 Å². The Morgan fingerprint density at radius 2 is 1.85 bits per heavy atom. The van der Waals surface area contributed by atoms with Crippen LogP contribution in [0.4, 0.5) is 4.79 Å². The molecule has 0 bridgehead atoms. The van der Waals surface area contributed by atoms with Crippen LogP contribution < -0.4 is 9.47 Å². The number of nitriles is 1. The van der Waals surface area contributed by atoms with E-state index in [2.05, 4.69) is 11.1 Å². The molecule has 1 aliphatic heterocycles. The maximum atomic E-state index is 12.6. The number of ether oxygens (including phenoxy) is 2. The molecule has 0 spiro atoms. The van der Waals surface area contributed by atoms with Gasteiger partial charge in [0.05, 0.1) is 31.0 Å². The number of hydrogen-bond donors (Lipinski definition) is 1. The van der Waals surface area contributed by atoms with Gasteiger partial charge in [-0.1, -0.05) is 12.1 Å². The minimum absolute atomic E-state index is 0.0947. The van der Waals surface area contributed by atoms with E-state index < -0.39 is 6.09 Å². The first kappa shape index (κ1) is 27.2. The van der Waals surface area contributed by atoms with Crippen LogP contribution in [-0.2, 0) is 16.2 Å². The summed E-state index contributed by atoms with van der Waals surface area (Å²) in [6.45, 7) is 4.98. The SMILES string of the molecule is Cc1cc(C=CC(=O)N2CCON(C(=O)O)CC2)cc(C)c1Oc1ccc(OCc2ccc(C#N)cc2)cn1. The van der Waals surface area contributed by atoms with Crippen molar-refractivity contribution in [2.24, 2.45) is 0 Å². The van der Waals surface area contributed by atoms with Gasteiger partial charge in [0.25, 0.3) is 0 Å². The molecule has 0 radical (unpaired) electrons. The van der Waals surface area contributed by atoms with Crippen LogP contribution in [0.15, 0.2) is 60.8 Å². The summed E-state index contributed by atoms with van der Waals surface area (Å²) in [4.78, 5) is 34.7. The molecular weight excluding hydrogens is 500 g/mol. The van der Waals surface area contributed by atoms with Gasteiger partial charge in [-0.25, -0.2) is 9.78 Å². The van der Waals surface area contributed by atoms with Gasteiger partial charge in [-0.2, -0.15) is 10.3 Å². The average Bonchev–Trinajstić information content (AvgIpc) is 3.20. The summed E-state index contributed by atoms with van der Waals surface area (Å²) in [5, 5.41) is 18.8. The maximum absolute atomic E-state index is 12.6. The molecule has 1 saturated heterocycles. The lowest BCUT2D eigenvalue weighted by Crippen LogP contribution is -2.35. The molecule has 0 saturated carbocycles. The van der Waals surface area contributed by atoms with E-state index in [1.807, 2.05) is 38.1 Å². The second kappa shape index (κ2) is 12.6. The number of carbonyl (C=O) groups excluding carboxylic acids is 1. The molecule has 1 aliphatic rings. The summed E-state index contributed by atoms with van der Waals surface area (Å²) in [6.07, 6.45) is 3.62. The lowest BCUT2D eigenvalue weighted by Gasteiger charge is -2.17. The summed E-state index contributed by atoms with van der Waals surface area (Å²) in [5.41, 5.74) is 4.14. The Morgan fingerprint density at radius 3 is 2.49 bits per heavy atom. The predicted octanol–water partition coefficient (Wildman–Crippen LogP) is 4.71. The Bertz CT molecular complexity index is 1370. The number of hydrogen-bond acceptors (Lipinski definition) is 7. The van der Waals surface area contributed by atoms with Gasteiger partial charge in [0.15, 0.2) is 0 Å². The smallest absolute Gasteiger partial charge is 0.431 e. The second-order valence-corrected chi connectivity index (χ2v) is 8.89. The monoisotopic (exact) mass is 528 g/mol. The van der Waals surface area contributed by atoms with Crippen LogP contribution in [0.2, 0.25) is 0 Å². The van der Waals surface area contributed by atoms with Crippen molar-refractivity contribution < 1.29 is 29.0 Å². The molecule has 0 atom stereocenters. The van der Waals surface area contributed by atoms with Crippen LogP contribution in [0.25, 0.3) is 6.08 Å². The van der Waals surface area contributed by atoms with E-state index in [1.165, 1.54) is 6.08 Å². The number of amides is 2. The van der Waals surface area contributed by atoms with Gasteiger partial charge in [0.2, 0.25) is 11.8 Å². The van der Waals surface area contributed by atoms with Gasteiger partial charge in [0.1, 0.15) is 18.1 Å². The zero-order valence-corrected chi connectivity index (χ0v) is 21.7. The van der Waals surface area contributed by atoms with Crippen LogP contribution in [-0.4, -0.2) is 58.3 Å². The van der Waals surface area contributed by atoms with Crippen LogP contribution in [0.1, 0.15) is 27.8 Å². The number of hydroxylamine groups is 2. The molecule has 2 aromatic carbocycles. The van der Waals surface area contributed by atoms with E-state index in [1.54, 1.807) is 41.4 Å². The van der Waals surface area contributed by atoms with Crippen LogP contribution in [0, 0.1) is 25.2 Å². The van der Waals surface area contributed by atoms with E-state index in [0.717, 1.165) is 27.3 Å². The minimum atomic E-state index is -1.17. The zero-order valence-electron chi connectivity index (χ0n) is 21.7. The van der Waals surface area contributed by atoms with Crippen molar-refractivity contribution in [1.82, 2.24) is 14.9 Å². The zero-order chi connectivity index (χ0) is 27.8. The van der Waals surface area contributed by atoms with Gasteiger partial charge in [0, 0.05) is 25.2 Å². The molecule has 1 aromatic heterocycles. The fourth-order valence-corrected chi connectivity index (χ4v) is 3.99. The summed E-state index contributed by atoms with van der Waals surface area (Å²) in [6, 6.07) is 16.6. The highest BCUT2D eigenvalue weighted by Crippen LogP contribution is 2.30. The highest BCUT2D eigenvalue weighted by Gasteiger charge is 2.21. The number of pyridine rings is 1. The number of rotatable bonds is 7. The van der Waals surface area contributed by atoms with Crippen molar-refractivity contribution >= 4 is 18.1 Å². The van der Waals surface area contributed by atoms with Crippen molar-refractivity contribution in [2.45, 2.75) is 20.5 Å². The molecule has 1 fully saturated rings. The molecule has 200 valence electrons. The van der Waals surface area contributed by atoms with Crippen LogP contribution in [0.5, 0.6) is 17.4 Å². The van der Waals surface area contributed by atoms with E-state index in [4.69, 9.17) is 24.7 Å². The first-order valence-electron chi connectivity index (χ1n) is 12.3. The first-order valence-corrected chi connectivity index (χ1v) is 12.3. The molecule has 2 heterocycles. The topological polar surface area (TPSA) is 125 Å². The molecule has 10 heteroatoms. The van der Waals surface area contributed by atoms with Gasteiger partial charge < -0.3 is 19.5 Å². The van der Waals surface area contributed by atoms with E-state index in [-0.39, 0.29) is 25.6 Å². The molecule has 39 heavy (non-hydrogen) atoms. The molecule has 4 rings (SSSR count). The number of carboxylic acid groups (broad SMARTS) is 1. The van der Waals surface area contributed by atoms with Crippen LogP contribution >= 0.6 is 0 Å². The number of aryl methyl sites for hydroxylation is 2. The minimum Gasteiger partial charge on any atom is -0.487 e. The second-order valence-electron chi connectivity index (χ2n) is 8.89. The van der Waals surface area contributed by atoms with Gasteiger partial charge in [-0.15, -0.1) is 0 Å². The molecule has 0 aliphatic carbocycles. The van der Waals surface area contributed by atoms with Gasteiger partial charge in [-0.3, -0.25) is 9.63 Å². The lowest BCUT2D eigenvalue weighted by molar-refractivity contribution is -0.126. The highest BCUT2D eigenvalue weighted by molar-refractivity contribution is 5.92. The third-order valence-electron chi connectivity index (χ3n) is 6.01. The van der Waals surface area contributed by atoms with Gasteiger partial charge in [-0.05, 0) is 72.5 Å². The van der Waals surface area contributed by atoms with Crippen molar-refractivity contribution in [2.75, 3.05) is 26.2 Å². The van der Waals surface area contributed by atoms with E-state index >= 15 is 0 Å². The molecule has 1 N–H and O–H groups in total. The van der Waals surface area contributed by atoms with Crippen LogP contribution in [0.3, 0.4) is 0 Å². The summed E-state index contributed by atoms with van der Waals surface area (Å²) >= 11 is 0. The Hall–Kier alpha value is -4.88. The molecule has 3 aromatic rings. The normalized spacial score (nSPS) is 13.6. The highest BCUT2D eigenvalue weighted by atomic mass is 16.7. The third-order valence-corrected chi connectivity index (χ3v) is 6.01. The summed E-state index contributed by atoms with van der Waals surface area (Å²) in [7, 11) is 0. The van der Waals surface area contributed by atoms with E-state index in [0.29, 0.717) is 36.1 Å². The fraction of sp³-hybridized carbons (Fsp3) is 0.241. The molecule has 2 amide bonds. The number of carbonyl (C=O) groups is 2. The predicted molar refractivity (Wildman–Crippen MR) is 142 cm³/mol. The maximum Gasteiger partial charge on any atom is 0.431 e. The van der Waals surface area contributed by atoms with E-state index in [9.17, 15) is 9.59 Å². The van der Waals surface area contributed by atoms with Crippen molar-refractivity contribution in [3.63, 3.8) is 0 Å². The number of benzene rings is 2. The summed E-state index contributed by atoms with van der Waals surface area (Å²) in [5.74, 6) is 1.48. The Kier molecular flexibility index (Phi) is 8.76. The quantitative estimate of drug-likeness (QED) is 0.437. The first-order chi connectivity index (χ1) is 18.8. The average molecular weight is 529 g/mol. The molecule has 0 unspecified atom stereocenters. The standard InChI is InChI=1S/C29H28N4O6/c1-20-15-24(7-10-27(34)32-11-12-33(29(35)36)38-14-13-32)16-21(2)28(20)39-26-9-8-25(18-31-26)37-19-23-5-3-22(17-30)4-6-23/h3-10,15-16,18H,11-14,19H2,1-2H3,(H,35,36). The van der Waals surface area contributed by atoms with Crippen molar-refractivity contribution in [3.8, 4) is 23.4 Å². The van der Waals surface area contributed by atoms with Crippen molar-refractivity contribution in [3.05, 3.63) is 88.6 Å². The molecule has 10 nitrogen and oxygen atoms in total. The fourth-order valence-electron chi connectivity index (χ4n) is 3.99. The lowest BCUT2D eigenvalue weighted by atomic mass is 10.1. The number of nitrogens with zero attached hydrogens (tertiary/aromatic N) is 4. The third kappa shape index (κ3) is 7.34. The molecular formula is C29H28N4O6. The largest absolute Gasteiger partial charge is 0.487 e.